The first kappa shape index (κ1) is 31.1. The van der Waals surface area contributed by atoms with Gasteiger partial charge in [0.25, 0.3) is 0 Å². The van der Waals surface area contributed by atoms with Gasteiger partial charge in [-0.05, 0) is 51.4 Å². The average Bonchev–Trinajstić information content (AvgIpc) is 3.65. The largest absolute Gasteiger partial charge is 0.377 e. The fraction of sp³-hybridized carbons (Fsp3) is 0.533. The second kappa shape index (κ2) is 14.3. The van der Waals surface area contributed by atoms with Gasteiger partial charge in [0.15, 0.2) is 22.8 Å². The van der Waals surface area contributed by atoms with E-state index in [2.05, 4.69) is 20.1 Å². The number of hydrogen-bond donors (Lipinski definition) is 3. The number of imidazole rings is 1. The monoisotopic (exact) mass is 600 g/mol. The van der Waals surface area contributed by atoms with Gasteiger partial charge in [-0.1, -0.05) is 43.2 Å². The number of nitrogens with zero attached hydrogens (tertiary/aromatic N) is 5. The third-order valence-electron chi connectivity index (χ3n) is 8.61. The Hall–Kier alpha value is -2.88. The number of piperidine rings is 1. The first-order valence-corrected chi connectivity index (χ1v) is 14.7. The van der Waals surface area contributed by atoms with E-state index >= 15 is 0 Å². The van der Waals surface area contributed by atoms with Crippen LogP contribution in [-0.4, -0.2) is 61.4 Å². The zero-order chi connectivity index (χ0) is 26.6. The van der Waals surface area contributed by atoms with Crippen molar-refractivity contribution >= 4 is 53.5 Å². The van der Waals surface area contributed by atoms with Gasteiger partial charge in [0.1, 0.15) is 0 Å². The number of nitrogens with one attached hydrogen (secondary N) is 2. The van der Waals surface area contributed by atoms with E-state index in [4.69, 9.17) is 20.7 Å². The number of allylic oxidation sites excluding steroid dienone is 1. The normalized spacial score (nSPS) is 21.9. The number of fused-ring (bicyclic) bond motifs is 1. The van der Waals surface area contributed by atoms with E-state index in [0.29, 0.717) is 24.1 Å². The van der Waals surface area contributed by atoms with Crippen molar-refractivity contribution in [3.8, 4) is 0 Å². The van der Waals surface area contributed by atoms with Crippen molar-refractivity contribution in [2.45, 2.75) is 88.4 Å². The zero-order valence-electron chi connectivity index (χ0n) is 23.5. The molecule has 2 aliphatic carbocycles. The number of ketones is 1. The lowest BCUT2D eigenvalue weighted by molar-refractivity contribution is 0.104. The second-order valence-electron chi connectivity index (χ2n) is 11.4. The van der Waals surface area contributed by atoms with E-state index in [1.165, 1.54) is 25.7 Å². The summed E-state index contributed by atoms with van der Waals surface area (Å²) in [5.41, 5.74) is 8.63. The van der Waals surface area contributed by atoms with Gasteiger partial charge in [0, 0.05) is 55.1 Å². The van der Waals surface area contributed by atoms with Crippen molar-refractivity contribution in [1.29, 1.82) is 0 Å². The van der Waals surface area contributed by atoms with Crippen LogP contribution >= 0.6 is 24.8 Å². The van der Waals surface area contributed by atoms with Crippen LogP contribution in [0.5, 0.6) is 0 Å². The van der Waals surface area contributed by atoms with E-state index in [9.17, 15) is 4.79 Å². The predicted molar refractivity (Wildman–Crippen MR) is 169 cm³/mol. The Labute approximate surface area is 254 Å². The number of anilines is 2. The molecular weight excluding hydrogens is 559 g/mol. The molecule has 2 aromatic heterocycles. The Balaban J connectivity index is 0.00000194. The summed E-state index contributed by atoms with van der Waals surface area (Å²) < 4.78 is 2.27. The number of likely N-dealkylation sites (tertiary alicyclic amines) is 1. The molecule has 0 atom stereocenters. The number of aromatic nitrogens is 4. The molecule has 0 amide bonds. The second-order valence-corrected chi connectivity index (χ2v) is 11.4. The van der Waals surface area contributed by atoms with Gasteiger partial charge in [0.05, 0.1) is 6.33 Å². The number of carbonyl (C=O) groups is 1. The van der Waals surface area contributed by atoms with Crippen molar-refractivity contribution in [2.75, 3.05) is 23.7 Å². The summed E-state index contributed by atoms with van der Waals surface area (Å²) >= 11 is 0. The molecule has 9 nitrogen and oxygen atoms in total. The zero-order valence-corrected chi connectivity index (χ0v) is 25.1. The molecule has 1 aliphatic heterocycles. The lowest BCUT2D eigenvalue weighted by atomic mass is 9.92. The van der Waals surface area contributed by atoms with Crippen LogP contribution in [0.2, 0.25) is 0 Å². The van der Waals surface area contributed by atoms with Crippen molar-refractivity contribution < 1.29 is 4.79 Å². The molecule has 11 heteroatoms. The molecule has 4 N–H and O–H groups in total. The van der Waals surface area contributed by atoms with Gasteiger partial charge in [-0.3, -0.25) is 4.79 Å². The van der Waals surface area contributed by atoms with Crippen LogP contribution in [0.1, 0.15) is 80.6 Å². The minimum Gasteiger partial charge on any atom is -0.377 e. The van der Waals surface area contributed by atoms with Crippen LogP contribution in [0, 0.1) is 0 Å². The van der Waals surface area contributed by atoms with Crippen LogP contribution in [0.15, 0.2) is 48.9 Å². The number of halogens is 2. The maximum absolute atomic E-state index is 12.4. The number of carbonyl (C=O) groups excluding carboxylic acids is 1. The molecule has 0 unspecified atom stereocenters. The van der Waals surface area contributed by atoms with Crippen LogP contribution in [-0.2, 0) is 0 Å². The van der Waals surface area contributed by atoms with Crippen LogP contribution in [0.3, 0.4) is 0 Å². The molecule has 222 valence electrons. The van der Waals surface area contributed by atoms with Gasteiger partial charge in [-0.25, -0.2) is 4.98 Å². The molecular formula is C30H42Cl2N8O. The predicted octanol–water partition coefficient (Wildman–Crippen LogP) is 5.74. The Morgan fingerprint density at radius 2 is 1.56 bits per heavy atom. The highest BCUT2D eigenvalue weighted by Gasteiger charge is 2.25. The summed E-state index contributed by atoms with van der Waals surface area (Å²) in [6.07, 6.45) is 16.6. The smallest absolute Gasteiger partial charge is 0.227 e. The van der Waals surface area contributed by atoms with Crippen molar-refractivity contribution in [1.82, 2.24) is 24.4 Å². The number of hydrogen-bond acceptors (Lipinski definition) is 8. The van der Waals surface area contributed by atoms with Gasteiger partial charge < -0.3 is 25.8 Å². The Bertz CT molecular complexity index is 1290. The summed E-state index contributed by atoms with van der Waals surface area (Å²) in [4.78, 5) is 29.4. The number of rotatable bonds is 8. The van der Waals surface area contributed by atoms with Crippen LogP contribution in [0.25, 0.3) is 11.2 Å². The number of nitrogens with two attached hydrogens (primary N) is 1. The summed E-state index contributed by atoms with van der Waals surface area (Å²) in [5.74, 6) is 1.54. The van der Waals surface area contributed by atoms with Crippen molar-refractivity contribution in [3.63, 3.8) is 0 Å². The molecule has 6 rings (SSSR count). The van der Waals surface area contributed by atoms with E-state index in [-0.39, 0.29) is 36.6 Å². The van der Waals surface area contributed by atoms with E-state index in [1.54, 1.807) is 6.08 Å². The third kappa shape index (κ3) is 7.50. The standard InChI is InChI=1S/C30H40N8O.2ClH/c31-22-10-12-23(13-11-22)34-30-35-28(27-29(36-30)38(20-32-27)25-8-4-5-9-25)33-24-14-17-37(18-15-24)19-16-26(39)21-6-2-1-3-7-21;;/h1-3,6-7,16,19-20,22-25H,4-5,8-15,17-18,31H2,(H2,33,34,35,36);2*1H/b19-16+;;. The summed E-state index contributed by atoms with van der Waals surface area (Å²) in [6.45, 7) is 1.77. The van der Waals surface area contributed by atoms with E-state index < -0.39 is 0 Å². The quantitative estimate of drug-likeness (QED) is 0.221. The lowest BCUT2D eigenvalue weighted by Crippen LogP contribution is -2.36. The average molecular weight is 602 g/mol. The highest BCUT2D eigenvalue weighted by Crippen LogP contribution is 2.34. The Kier molecular flexibility index (Phi) is 10.9. The van der Waals surface area contributed by atoms with Gasteiger partial charge >= 0.3 is 0 Å². The molecule has 3 aliphatic rings. The molecule has 41 heavy (non-hydrogen) atoms. The van der Waals surface area contributed by atoms with Crippen molar-refractivity contribution in [2.24, 2.45) is 5.73 Å². The maximum Gasteiger partial charge on any atom is 0.227 e. The van der Waals surface area contributed by atoms with Crippen LogP contribution in [0.4, 0.5) is 11.8 Å². The third-order valence-corrected chi connectivity index (χ3v) is 8.61. The number of benzene rings is 1. The Morgan fingerprint density at radius 3 is 2.27 bits per heavy atom. The minimum atomic E-state index is 0. The molecule has 3 aromatic rings. The SMILES string of the molecule is Cl.Cl.NC1CCC(Nc2nc(NC3CCN(/C=C/C(=O)c4ccccc4)CC3)c3ncn(C4CCCC4)c3n2)CC1. The molecule has 3 fully saturated rings. The molecule has 2 saturated carbocycles. The molecule has 0 spiro atoms. The summed E-state index contributed by atoms with van der Waals surface area (Å²) in [5, 5.41) is 7.34. The fourth-order valence-corrected chi connectivity index (χ4v) is 6.24. The van der Waals surface area contributed by atoms with E-state index in [0.717, 1.165) is 74.2 Å². The molecule has 0 bridgehead atoms. The van der Waals surface area contributed by atoms with Gasteiger partial charge in [0.2, 0.25) is 5.95 Å². The summed E-state index contributed by atoms with van der Waals surface area (Å²) in [6, 6.07) is 10.8. The molecule has 1 saturated heterocycles. The Morgan fingerprint density at radius 1 is 0.878 bits per heavy atom. The van der Waals surface area contributed by atoms with E-state index in [1.807, 2.05) is 42.9 Å². The van der Waals surface area contributed by atoms with Crippen LogP contribution < -0.4 is 16.4 Å². The van der Waals surface area contributed by atoms with Gasteiger partial charge in [-0.2, -0.15) is 9.97 Å². The molecule has 0 radical (unpaired) electrons. The fourth-order valence-electron chi connectivity index (χ4n) is 6.24. The van der Waals surface area contributed by atoms with Crippen molar-refractivity contribution in [3.05, 3.63) is 54.5 Å². The highest BCUT2D eigenvalue weighted by atomic mass is 35.5. The summed E-state index contributed by atoms with van der Waals surface area (Å²) in [7, 11) is 0. The minimum absolute atomic E-state index is 0. The maximum atomic E-state index is 12.4. The first-order chi connectivity index (χ1) is 19.1. The lowest BCUT2D eigenvalue weighted by Gasteiger charge is -2.32. The topological polar surface area (TPSA) is 114 Å². The molecule has 3 heterocycles. The molecule has 1 aromatic carbocycles. The highest BCUT2D eigenvalue weighted by molar-refractivity contribution is 6.04. The van der Waals surface area contributed by atoms with Gasteiger partial charge in [-0.15, -0.1) is 24.8 Å². The first-order valence-electron chi connectivity index (χ1n) is 14.7.